The highest BCUT2D eigenvalue weighted by molar-refractivity contribution is 5.86. The zero-order chi connectivity index (χ0) is 15.1. The van der Waals surface area contributed by atoms with Gasteiger partial charge < -0.3 is 15.2 Å². The van der Waals surface area contributed by atoms with E-state index in [1.165, 1.54) is 0 Å². The number of ether oxygens (including phenoxy) is 1. The van der Waals surface area contributed by atoms with E-state index in [9.17, 15) is 9.59 Å². The summed E-state index contributed by atoms with van der Waals surface area (Å²) in [5.74, 6) is -0.829. The van der Waals surface area contributed by atoms with Gasteiger partial charge in [0.05, 0.1) is 0 Å². The Morgan fingerprint density at radius 2 is 2.00 bits per heavy atom. The lowest BCUT2D eigenvalue weighted by Crippen LogP contribution is -2.46. The summed E-state index contributed by atoms with van der Waals surface area (Å²) in [4.78, 5) is 23.0. The SMILES string of the molecule is CCC(NC(=O)C(CC)Oc1cccc(C)c1)C(=O)O. The van der Waals surface area contributed by atoms with Gasteiger partial charge in [-0.3, -0.25) is 4.79 Å². The summed E-state index contributed by atoms with van der Waals surface area (Å²) in [6.45, 7) is 5.47. The summed E-state index contributed by atoms with van der Waals surface area (Å²) in [5.41, 5.74) is 1.04. The average molecular weight is 279 g/mol. The van der Waals surface area contributed by atoms with Gasteiger partial charge in [0.1, 0.15) is 11.8 Å². The smallest absolute Gasteiger partial charge is 0.326 e. The molecule has 0 radical (unpaired) electrons. The van der Waals surface area contributed by atoms with Crippen molar-refractivity contribution in [2.45, 2.75) is 45.8 Å². The fraction of sp³-hybridized carbons (Fsp3) is 0.467. The number of rotatable bonds is 7. The Morgan fingerprint density at radius 1 is 1.30 bits per heavy atom. The molecule has 2 unspecified atom stereocenters. The summed E-state index contributed by atoms with van der Waals surface area (Å²) in [7, 11) is 0. The predicted octanol–water partition coefficient (Wildman–Crippen LogP) is 2.13. The van der Waals surface area contributed by atoms with Gasteiger partial charge in [-0.05, 0) is 37.5 Å². The van der Waals surface area contributed by atoms with E-state index in [0.29, 0.717) is 18.6 Å². The van der Waals surface area contributed by atoms with E-state index in [4.69, 9.17) is 9.84 Å². The molecule has 5 heteroatoms. The lowest BCUT2D eigenvalue weighted by molar-refractivity contribution is -0.143. The largest absolute Gasteiger partial charge is 0.481 e. The molecule has 0 aliphatic rings. The van der Waals surface area contributed by atoms with Crippen molar-refractivity contribution < 1.29 is 19.4 Å². The van der Waals surface area contributed by atoms with Crippen LogP contribution in [0.25, 0.3) is 0 Å². The molecule has 1 rings (SSSR count). The highest BCUT2D eigenvalue weighted by Gasteiger charge is 2.24. The van der Waals surface area contributed by atoms with E-state index in [-0.39, 0.29) is 0 Å². The summed E-state index contributed by atoms with van der Waals surface area (Å²) in [6, 6.07) is 6.52. The van der Waals surface area contributed by atoms with Crippen molar-refractivity contribution in [3.05, 3.63) is 29.8 Å². The maximum atomic E-state index is 12.0. The summed E-state index contributed by atoms with van der Waals surface area (Å²) in [5, 5.41) is 11.4. The molecule has 5 nitrogen and oxygen atoms in total. The third-order valence-corrected chi connectivity index (χ3v) is 2.95. The first kappa shape index (κ1) is 16.0. The monoisotopic (exact) mass is 279 g/mol. The third kappa shape index (κ3) is 4.57. The van der Waals surface area contributed by atoms with Crippen LogP contribution in [0.4, 0.5) is 0 Å². The highest BCUT2D eigenvalue weighted by Crippen LogP contribution is 2.15. The number of hydrogen-bond acceptors (Lipinski definition) is 3. The minimum Gasteiger partial charge on any atom is -0.481 e. The van der Waals surface area contributed by atoms with Crippen LogP contribution in [-0.2, 0) is 9.59 Å². The van der Waals surface area contributed by atoms with Crippen molar-refractivity contribution in [2.75, 3.05) is 0 Å². The standard InChI is InChI=1S/C15H21NO4/c1-4-12(15(18)19)16-14(17)13(5-2)20-11-8-6-7-10(3)9-11/h6-9,12-13H,4-5H2,1-3H3,(H,16,17)(H,18,19). The first-order valence-electron chi connectivity index (χ1n) is 6.74. The van der Waals surface area contributed by atoms with E-state index >= 15 is 0 Å². The number of carboxylic acid groups (broad SMARTS) is 1. The summed E-state index contributed by atoms with van der Waals surface area (Å²) < 4.78 is 5.63. The molecular formula is C15H21NO4. The zero-order valence-corrected chi connectivity index (χ0v) is 12.1. The molecule has 0 saturated carbocycles. The molecule has 20 heavy (non-hydrogen) atoms. The molecule has 0 heterocycles. The van der Waals surface area contributed by atoms with Crippen molar-refractivity contribution in [3.63, 3.8) is 0 Å². The highest BCUT2D eigenvalue weighted by atomic mass is 16.5. The van der Waals surface area contributed by atoms with E-state index in [1.807, 2.05) is 32.0 Å². The first-order valence-corrected chi connectivity index (χ1v) is 6.74. The van der Waals surface area contributed by atoms with Crippen molar-refractivity contribution in [1.29, 1.82) is 0 Å². The number of amides is 1. The molecule has 1 aromatic rings. The minimum atomic E-state index is -1.04. The molecule has 0 spiro atoms. The van der Waals surface area contributed by atoms with Crippen LogP contribution in [0.5, 0.6) is 5.75 Å². The number of carbonyl (C=O) groups excluding carboxylic acids is 1. The van der Waals surface area contributed by atoms with Crippen LogP contribution in [0.1, 0.15) is 32.3 Å². The van der Waals surface area contributed by atoms with Gasteiger partial charge in [-0.25, -0.2) is 4.79 Å². The molecule has 0 fully saturated rings. The summed E-state index contributed by atoms with van der Waals surface area (Å²) in [6.07, 6.45) is 0.114. The predicted molar refractivity (Wildman–Crippen MR) is 75.7 cm³/mol. The van der Waals surface area contributed by atoms with Crippen molar-refractivity contribution in [1.82, 2.24) is 5.32 Å². The van der Waals surface area contributed by atoms with Crippen LogP contribution >= 0.6 is 0 Å². The number of nitrogens with one attached hydrogen (secondary N) is 1. The van der Waals surface area contributed by atoms with Crippen LogP contribution in [0.15, 0.2) is 24.3 Å². The Balaban J connectivity index is 2.70. The van der Waals surface area contributed by atoms with Crippen molar-refractivity contribution in [3.8, 4) is 5.75 Å². The minimum absolute atomic E-state index is 0.335. The molecule has 110 valence electrons. The van der Waals surface area contributed by atoms with Crippen LogP contribution in [0, 0.1) is 6.92 Å². The number of aliphatic carboxylic acids is 1. The number of carboxylic acids is 1. The number of aryl methyl sites for hydroxylation is 1. The molecule has 2 N–H and O–H groups in total. The van der Waals surface area contributed by atoms with Gasteiger partial charge in [-0.1, -0.05) is 26.0 Å². The van der Waals surface area contributed by atoms with Gasteiger partial charge in [-0.15, -0.1) is 0 Å². The number of carbonyl (C=O) groups is 2. The third-order valence-electron chi connectivity index (χ3n) is 2.95. The average Bonchev–Trinajstić information content (AvgIpc) is 2.41. The van der Waals surface area contributed by atoms with Crippen molar-refractivity contribution >= 4 is 11.9 Å². The Hall–Kier alpha value is -2.04. The Kier molecular flexibility index (Phi) is 6.03. The van der Waals surface area contributed by atoms with E-state index in [2.05, 4.69) is 5.32 Å². The Bertz CT molecular complexity index is 473. The van der Waals surface area contributed by atoms with Gasteiger partial charge in [0.15, 0.2) is 6.10 Å². The van der Waals surface area contributed by atoms with Crippen LogP contribution in [0.3, 0.4) is 0 Å². The van der Waals surface area contributed by atoms with Gasteiger partial charge in [0.2, 0.25) is 0 Å². The molecule has 0 saturated heterocycles. The summed E-state index contributed by atoms with van der Waals surface area (Å²) >= 11 is 0. The second-order valence-corrected chi connectivity index (χ2v) is 4.64. The molecule has 2 atom stereocenters. The fourth-order valence-electron chi connectivity index (χ4n) is 1.78. The Labute approximate surface area is 118 Å². The van der Waals surface area contributed by atoms with E-state index in [0.717, 1.165) is 5.56 Å². The molecule has 0 aromatic heterocycles. The van der Waals surface area contributed by atoms with Gasteiger partial charge in [-0.2, -0.15) is 0 Å². The molecule has 0 aliphatic carbocycles. The van der Waals surface area contributed by atoms with E-state index < -0.39 is 24.0 Å². The number of benzene rings is 1. The maximum absolute atomic E-state index is 12.0. The van der Waals surface area contributed by atoms with Crippen LogP contribution in [-0.4, -0.2) is 29.1 Å². The lowest BCUT2D eigenvalue weighted by atomic mass is 10.2. The Morgan fingerprint density at radius 3 is 2.50 bits per heavy atom. The molecule has 0 aliphatic heterocycles. The second kappa shape index (κ2) is 7.53. The van der Waals surface area contributed by atoms with Gasteiger partial charge >= 0.3 is 5.97 Å². The lowest BCUT2D eigenvalue weighted by Gasteiger charge is -2.20. The molecule has 0 bridgehead atoms. The fourth-order valence-corrected chi connectivity index (χ4v) is 1.78. The van der Waals surface area contributed by atoms with Crippen molar-refractivity contribution in [2.24, 2.45) is 0 Å². The van der Waals surface area contributed by atoms with Crippen LogP contribution < -0.4 is 10.1 Å². The van der Waals surface area contributed by atoms with Gasteiger partial charge in [0.25, 0.3) is 5.91 Å². The quantitative estimate of drug-likeness (QED) is 0.801. The normalized spacial score (nSPS) is 13.3. The number of hydrogen-bond donors (Lipinski definition) is 2. The first-order chi connectivity index (χ1) is 9.47. The molecule has 1 aromatic carbocycles. The maximum Gasteiger partial charge on any atom is 0.326 e. The van der Waals surface area contributed by atoms with E-state index in [1.54, 1.807) is 13.0 Å². The zero-order valence-electron chi connectivity index (χ0n) is 12.1. The van der Waals surface area contributed by atoms with Gasteiger partial charge in [0, 0.05) is 0 Å². The second-order valence-electron chi connectivity index (χ2n) is 4.64. The van der Waals surface area contributed by atoms with Crippen LogP contribution in [0.2, 0.25) is 0 Å². The molecule has 1 amide bonds. The topological polar surface area (TPSA) is 75.6 Å². The molecular weight excluding hydrogens is 258 g/mol.